The summed E-state index contributed by atoms with van der Waals surface area (Å²) in [5, 5.41) is 9.49. The molecule has 1 heterocycles. The quantitative estimate of drug-likeness (QED) is 0.609. The number of halogens is 2. The molecular formula is C11H8BBr2N3. The zero-order chi connectivity index (χ0) is 12.4. The second kappa shape index (κ2) is 5.07. The lowest BCUT2D eigenvalue weighted by atomic mass is 10.0. The molecule has 0 bridgehead atoms. The summed E-state index contributed by atoms with van der Waals surface area (Å²) >= 11 is 6.86. The van der Waals surface area contributed by atoms with Crippen molar-refractivity contribution < 1.29 is 0 Å². The highest BCUT2D eigenvalue weighted by Gasteiger charge is 2.11. The van der Waals surface area contributed by atoms with Gasteiger partial charge in [-0.25, -0.2) is 4.98 Å². The van der Waals surface area contributed by atoms with Crippen LogP contribution in [-0.2, 0) is 5.33 Å². The van der Waals surface area contributed by atoms with Crippen LogP contribution in [0.4, 0.5) is 0 Å². The van der Waals surface area contributed by atoms with Crippen molar-refractivity contribution in [3.8, 4) is 11.8 Å². The second-order valence-corrected chi connectivity index (χ2v) is 4.81. The van der Waals surface area contributed by atoms with Crippen LogP contribution in [0, 0.1) is 11.3 Å². The molecule has 6 heteroatoms. The molecular weight excluding hydrogens is 345 g/mol. The SMILES string of the molecule is Bc1c(CBr)nc(Br)n1-c1ccc(C#N)cc1. The maximum atomic E-state index is 8.77. The van der Waals surface area contributed by atoms with Crippen molar-refractivity contribution in [1.29, 1.82) is 5.26 Å². The first kappa shape index (κ1) is 12.4. The maximum Gasteiger partial charge on any atom is 0.181 e. The van der Waals surface area contributed by atoms with Crippen molar-refractivity contribution in [3.05, 3.63) is 40.3 Å². The molecule has 1 aromatic carbocycles. The molecule has 0 N–H and O–H groups in total. The zero-order valence-electron chi connectivity index (χ0n) is 9.11. The highest BCUT2D eigenvalue weighted by atomic mass is 79.9. The van der Waals surface area contributed by atoms with Gasteiger partial charge in [-0.1, -0.05) is 15.9 Å². The minimum Gasteiger partial charge on any atom is -0.301 e. The number of nitriles is 1. The Morgan fingerprint density at radius 1 is 1.35 bits per heavy atom. The van der Waals surface area contributed by atoms with Gasteiger partial charge in [0.05, 0.1) is 17.3 Å². The third-order valence-corrected chi connectivity index (χ3v) is 3.61. The average molecular weight is 353 g/mol. The van der Waals surface area contributed by atoms with Gasteiger partial charge in [-0.15, -0.1) is 0 Å². The Hall–Kier alpha value is -1.06. The molecule has 0 aliphatic heterocycles. The van der Waals surface area contributed by atoms with Gasteiger partial charge in [0.2, 0.25) is 0 Å². The summed E-state index contributed by atoms with van der Waals surface area (Å²) in [6, 6.07) is 9.53. The highest BCUT2D eigenvalue weighted by molar-refractivity contribution is 9.10. The molecule has 2 aromatic rings. The number of nitrogens with zero attached hydrogens (tertiary/aromatic N) is 3. The monoisotopic (exact) mass is 351 g/mol. The topological polar surface area (TPSA) is 41.6 Å². The highest BCUT2D eigenvalue weighted by Crippen LogP contribution is 2.17. The van der Waals surface area contributed by atoms with Gasteiger partial charge in [0.1, 0.15) is 0 Å². The van der Waals surface area contributed by atoms with Crippen LogP contribution in [0.25, 0.3) is 5.69 Å². The Labute approximate surface area is 117 Å². The van der Waals surface area contributed by atoms with Crippen LogP contribution in [0.1, 0.15) is 11.3 Å². The number of imidazole rings is 1. The van der Waals surface area contributed by atoms with Crippen LogP contribution in [0.15, 0.2) is 29.0 Å². The van der Waals surface area contributed by atoms with E-state index >= 15 is 0 Å². The number of aromatic nitrogens is 2. The van der Waals surface area contributed by atoms with E-state index in [9.17, 15) is 0 Å². The Balaban J connectivity index is 2.53. The summed E-state index contributed by atoms with van der Waals surface area (Å²) in [5.74, 6) is 0. The molecule has 1 aromatic heterocycles. The third kappa shape index (κ3) is 2.31. The van der Waals surface area contributed by atoms with Crippen LogP contribution >= 0.6 is 31.9 Å². The summed E-state index contributed by atoms with van der Waals surface area (Å²) in [5.41, 5.74) is 3.73. The van der Waals surface area contributed by atoms with Crippen LogP contribution < -0.4 is 5.59 Å². The normalized spacial score (nSPS) is 10.2. The van der Waals surface area contributed by atoms with Gasteiger partial charge >= 0.3 is 0 Å². The lowest BCUT2D eigenvalue weighted by Gasteiger charge is -2.07. The molecule has 84 valence electrons. The molecule has 0 aliphatic carbocycles. The molecule has 17 heavy (non-hydrogen) atoms. The van der Waals surface area contributed by atoms with Gasteiger partial charge in [-0.2, -0.15) is 5.26 Å². The smallest absolute Gasteiger partial charge is 0.181 e. The first-order valence-electron chi connectivity index (χ1n) is 4.97. The van der Waals surface area contributed by atoms with Crippen molar-refractivity contribution in [1.82, 2.24) is 9.55 Å². The molecule has 0 saturated heterocycles. The van der Waals surface area contributed by atoms with E-state index in [1.54, 1.807) is 12.1 Å². The van der Waals surface area contributed by atoms with Crippen molar-refractivity contribution in [2.45, 2.75) is 5.33 Å². The predicted octanol–water partition coefficient (Wildman–Crippen LogP) is 1.66. The minimum atomic E-state index is 0.656. The van der Waals surface area contributed by atoms with Crippen LogP contribution in [0.3, 0.4) is 0 Å². The number of benzene rings is 1. The van der Waals surface area contributed by atoms with Crippen LogP contribution in [0.5, 0.6) is 0 Å². The molecule has 3 nitrogen and oxygen atoms in total. The number of alkyl halides is 1. The lowest BCUT2D eigenvalue weighted by molar-refractivity contribution is 1.03. The maximum absolute atomic E-state index is 8.77. The van der Waals surface area contributed by atoms with E-state index < -0.39 is 0 Å². The standard InChI is InChI=1S/C11H8BBr2N3/c12-10-9(5-13)16-11(14)17(10)8-3-1-7(6-15)2-4-8/h1-4H,5,12H2. The molecule has 0 aliphatic rings. The van der Waals surface area contributed by atoms with Gasteiger partial charge in [0.25, 0.3) is 0 Å². The Morgan fingerprint density at radius 2 is 2.00 bits per heavy atom. The fraction of sp³-hybridized carbons (Fsp3) is 0.0909. The molecule has 0 spiro atoms. The molecule has 0 atom stereocenters. The van der Waals surface area contributed by atoms with Gasteiger partial charge in [-0.05, 0) is 40.2 Å². The molecule has 2 rings (SSSR count). The molecule has 0 unspecified atom stereocenters. The molecule has 0 fully saturated rings. The Morgan fingerprint density at radius 3 is 2.47 bits per heavy atom. The van der Waals surface area contributed by atoms with Crippen molar-refractivity contribution >= 4 is 45.3 Å². The van der Waals surface area contributed by atoms with Crippen molar-refractivity contribution in [2.75, 3.05) is 0 Å². The van der Waals surface area contributed by atoms with Gasteiger partial charge in [-0.3, -0.25) is 0 Å². The second-order valence-electron chi connectivity index (χ2n) is 3.54. The van der Waals surface area contributed by atoms with E-state index in [0.29, 0.717) is 5.56 Å². The van der Waals surface area contributed by atoms with E-state index in [2.05, 4.69) is 42.9 Å². The summed E-state index contributed by atoms with van der Waals surface area (Å²) < 4.78 is 2.78. The first-order valence-corrected chi connectivity index (χ1v) is 6.89. The van der Waals surface area contributed by atoms with E-state index in [1.807, 2.05) is 24.5 Å². The average Bonchev–Trinajstić information content (AvgIpc) is 2.64. The Bertz CT molecular complexity index is 584. The number of hydrogen-bond donors (Lipinski definition) is 0. The summed E-state index contributed by atoms with van der Waals surface area (Å²) in [6.07, 6.45) is 0. The summed E-state index contributed by atoms with van der Waals surface area (Å²) in [4.78, 5) is 4.42. The summed E-state index contributed by atoms with van der Waals surface area (Å²) in [6.45, 7) is 0. The predicted molar refractivity (Wildman–Crippen MR) is 76.8 cm³/mol. The zero-order valence-corrected chi connectivity index (χ0v) is 12.3. The van der Waals surface area contributed by atoms with Gasteiger partial charge in [0, 0.05) is 16.6 Å². The van der Waals surface area contributed by atoms with E-state index in [-0.39, 0.29) is 0 Å². The lowest BCUT2D eigenvalue weighted by Crippen LogP contribution is -2.18. The first-order chi connectivity index (χ1) is 8.17. The number of rotatable bonds is 2. The molecule has 0 amide bonds. The Kier molecular flexibility index (Phi) is 3.70. The van der Waals surface area contributed by atoms with Crippen molar-refractivity contribution in [2.24, 2.45) is 0 Å². The fourth-order valence-electron chi connectivity index (χ4n) is 1.62. The van der Waals surface area contributed by atoms with Crippen LogP contribution in [0.2, 0.25) is 0 Å². The number of hydrogen-bond acceptors (Lipinski definition) is 2. The van der Waals surface area contributed by atoms with Gasteiger partial charge in [0.15, 0.2) is 12.6 Å². The van der Waals surface area contributed by atoms with E-state index in [1.165, 1.54) is 0 Å². The largest absolute Gasteiger partial charge is 0.301 e. The van der Waals surface area contributed by atoms with E-state index in [0.717, 1.165) is 27.0 Å². The molecule has 0 radical (unpaired) electrons. The van der Waals surface area contributed by atoms with Crippen molar-refractivity contribution in [3.63, 3.8) is 0 Å². The van der Waals surface area contributed by atoms with Gasteiger partial charge < -0.3 is 4.57 Å². The van der Waals surface area contributed by atoms with E-state index in [4.69, 9.17) is 5.26 Å². The molecule has 0 saturated carbocycles. The third-order valence-electron chi connectivity index (χ3n) is 2.55. The minimum absolute atomic E-state index is 0.656. The summed E-state index contributed by atoms with van der Waals surface area (Å²) in [7, 11) is 2.02. The fourth-order valence-corrected chi connectivity index (χ4v) is 2.84. The van der Waals surface area contributed by atoms with Crippen LogP contribution in [-0.4, -0.2) is 17.4 Å².